The first-order valence-electron chi connectivity index (χ1n) is 4.55. The van der Waals surface area contributed by atoms with Gasteiger partial charge in [-0.2, -0.15) is 0 Å². The smallest absolute Gasteiger partial charge is 0.321 e. The van der Waals surface area contributed by atoms with Crippen molar-refractivity contribution in [3.05, 3.63) is 15.5 Å². The fraction of sp³-hybridized carbons (Fsp3) is 0.556. The minimum Gasteiger partial charge on any atom is -0.480 e. The summed E-state index contributed by atoms with van der Waals surface area (Å²) in [6.45, 7) is 3.64. The lowest BCUT2D eigenvalue weighted by molar-refractivity contribution is -0.139. The summed E-state index contributed by atoms with van der Waals surface area (Å²) in [5.41, 5.74) is 5.60. The highest BCUT2D eigenvalue weighted by Gasteiger charge is 2.32. The van der Waals surface area contributed by atoms with Gasteiger partial charge in [-0.05, 0) is 13.8 Å². The van der Waals surface area contributed by atoms with Crippen molar-refractivity contribution in [1.82, 2.24) is 4.98 Å². The Labute approximate surface area is 107 Å². The number of nitrogens with two attached hydrogens (primary N) is 1. The van der Waals surface area contributed by atoms with Crippen LogP contribution in [0.25, 0.3) is 0 Å². The molecule has 0 aliphatic carbocycles. The number of rotatable bonds is 5. The summed E-state index contributed by atoms with van der Waals surface area (Å²) >= 11 is 8.58. The summed E-state index contributed by atoms with van der Waals surface area (Å²) in [5.74, 6) is -0.321. The molecule has 90 valence electrons. The van der Waals surface area contributed by atoms with Crippen molar-refractivity contribution >= 4 is 40.7 Å². The Morgan fingerprint density at radius 1 is 1.81 bits per heavy atom. The maximum absolute atomic E-state index is 10.8. The maximum atomic E-state index is 10.8. The van der Waals surface area contributed by atoms with E-state index >= 15 is 0 Å². The second kappa shape index (κ2) is 5.35. The molecule has 1 aromatic heterocycles. The topological polar surface area (TPSA) is 76.2 Å². The maximum Gasteiger partial charge on any atom is 0.321 e. The highest BCUT2D eigenvalue weighted by molar-refractivity contribution is 8.00. The fourth-order valence-electron chi connectivity index (χ4n) is 0.995. The molecule has 4 nitrogen and oxygen atoms in total. The molecule has 1 heterocycles. The third-order valence-corrected chi connectivity index (χ3v) is 4.88. The third-order valence-electron chi connectivity index (χ3n) is 2.13. The van der Waals surface area contributed by atoms with E-state index in [1.807, 2.05) is 13.8 Å². The van der Waals surface area contributed by atoms with Crippen molar-refractivity contribution in [3.8, 4) is 0 Å². The lowest BCUT2D eigenvalue weighted by Crippen LogP contribution is -2.46. The van der Waals surface area contributed by atoms with E-state index in [4.69, 9.17) is 22.4 Å². The number of hydrogen-bond donors (Lipinski definition) is 2. The molecule has 1 rings (SSSR count). The van der Waals surface area contributed by atoms with Gasteiger partial charge in [0.1, 0.15) is 6.04 Å². The minimum absolute atomic E-state index is 0.496. The van der Waals surface area contributed by atoms with Gasteiger partial charge >= 0.3 is 5.97 Å². The molecule has 0 fully saturated rings. The number of nitrogens with zero attached hydrogens (tertiary/aromatic N) is 1. The van der Waals surface area contributed by atoms with E-state index in [1.165, 1.54) is 23.1 Å². The van der Waals surface area contributed by atoms with Gasteiger partial charge in [0.25, 0.3) is 0 Å². The largest absolute Gasteiger partial charge is 0.480 e. The van der Waals surface area contributed by atoms with E-state index in [-0.39, 0.29) is 0 Å². The quantitative estimate of drug-likeness (QED) is 0.865. The molecular weight excluding hydrogens is 268 g/mol. The molecule has 0 amide bonds. The first-order valence-corrected chi connectivity index (χ1v) is 6.73. The Kier molecular flexibility index (Phi) is 4.61. The van der Waals surface area contributed by atoms with Gasteiger partial charge in [-0.15, -0.1) is 23.1 Å². The number of carbonyl (C=O) groups is 1. The van der Waals surface area contributed by atoms with E-state index in [0.29, 0.717) is 10.2 Å². The Morgan fingerprint density at radius 2 is 2.44 bits per heavy atom. The van der Waals surface area contributed by atoms with Crippen LogP contribution in [0.1, 0.15) is 18.7 Å². The number of carboxylic acid groups (broad SMARTS) is 1. The van der Waals surface area contributed by atoms with Crippen molar-refractivity contribution in [2.24, 2.45) is 5.73 Å². The summed E-state index contributed by atoms with van der Waals surface area (Å²) in [5, 5.41) is 8.85. The molecule has 16 heavy (non-hydrogen) atoms. The molecule has 1 aromatic rings. The van der Waals surface area contributed by atoms with Gasteiger partial charge in [0, 0.05) is 21.6 Å². The predicted octanol–water partition coefficient (Wildman–Crippen LogP) is 2.22. The summed E-state index contributed by atoms with van der Waals surface area (Å²) in [7, 11) is 0. The summed E-state index contributed by atoms with van der Waals surface area (Å²) in [6.07, 6.45) is 1.70. The highest BCUT2D eigenvalue weighted by atomic mass is 35.5. The van der Waals surface area contributed by atoms with Crippen LogP contribution in [0, 0.1) is 0 Å². The minimum atomic E-state index is -0.986. The molecule has 0 aliphatic rings. The standard InChI is InChI=1S/C9H13ClN2O2S2/c1-9(2,6(11)7(13)14)15-4-5-3-12-8(10)16-5/h3,6H,4,11H2,1-2H3,(H,13,14)/t6-/m0/s1. The molecule has 7 heteroatoms. The molecule has 0 aliphatic heterocycles. The van der Waals surface area contributed by atoms with Gasteiger partial charge in [-0.25, -0.2) is 4.98 Å². The number of thioether (sulfide) groups is 1. The molecular formula is C9H13ClN2O2S2. The van der Waals surface area contributed by atoms with Crippen molar-refractivity contribution in [2.75, 3.05) is 0 Å². The van der Waals surface area contributed by atoms with Crippen molar-refractivity contribution < 1.29 is 9.90 Å². The molecule has 0 unspecified atom stereocenters. The van der Waals surface area contributed by atoms with E-state index in [0.717, 1.165) is 4.88 Å². The predicted molar refractivity (Wildman–Crippen MR) is 68.1 cm³/mol. The first kappa shape index (κ1) is 13.8. The monoisotopic (exact) mass is 280 g/mol. The zero-order chi connectivity index (χ0) is 12.3. The van der Waals surface area contributed by atoms with Crippen LogP contribution in [0.5, 0.6) is 0 Å². The fourth-order valence-corrected chi connectivity index (χ4v) is 3.05. The van der Waals surface area contributed by atoms with E-state index in [2.05, 4.69) is 4.98 Å². The number of aromatic nitrogens is 1. The van der Waals surface area contributed by atoms with E-state index < -0.39 is 16.8 Å². The Morgan fingerprint density at radius 3 is 2.88 bits per heavy atom. The normalized spacial score (nSPS) is 13.8. The lowest BCUT2D eigenvalue weighted by atomic mass is 10.1. The average molecular weight is 281 g/mol. The summed E-state index contributed by atoms with van der Waals surface area (Å²) < 4.78 is -0.0293. The number of thiazole rings is 1. The molecule has 0 radical (unpaired) electrons. The van der Waals surface area contributed by atoms with Gasteiger partial charge in [0.05, 0.1) is 0 Å². The van der Waals surface area contributed by atoms with Crippen LogP contribution in [0.2, 0.25) is 4.47 Å². The highest BCUT2D eigenvalue weighted by Crippen LogP contribution is 2.32. The first-order chi connectivity index (χ1) is 7.33. The number of hydrogen-bond acceptors (Lipinski definition) is 5. The van der Waals surface area contributed by atoms with Gasteiger partial charge in [-0.3, -0.25) is 4.79 Å². The molecule has 3 N–H and O–H groups in total. The van der Waals surface area contributed by atoms with Crippen LogP contribution < -0.4 is 5.73 Å². The number of carboxylic acids is 1. The van der Waals surface area contributed by atoms with Crippen molar-refractivity contribution in [1.29, 1.82) is 0 Å². The second-order valence-corrected chi connectivity index (χ2v) is 7.11. The van der Waals surface area contributed by atoms with Crippen LogP contribution in [0.4, 0.5) is 0 Å². The summed E-state index contributed by atoms with van der Waals surface area (Å²) in [6, 6.07) is -0.888. The van der Waals surface area contributed by atoms with Crippen LogP contribution in [-0.4, -0.2) is 26.8 Å². The molecule has 0 spiro atoms. The zero-order valence-electron chi connectivity index (χ0n) is 8.94. The second-order valence-electron chi connectivity index (χ2n) is 3.79. The molecule has 0 bridgehead atoms. The van der Waals surface area contributed by atoms with Crippen LogP contribution in [-0.2, 0) is 10.5 Å². The van der Waals surface area contributed by atoms with Crippen LogP contribution >= 0.6 is 34.7 Å². The molecule has 0 saturated carbocycles. The Bertz CT molecular complexity index is 381. The average Bonchev–Trinajstić information content (AvgIpc) is 2.60. The van der Waals surface area contributed by atoms with Crippen molar-refractivity contribution in [2.45, 2.75) is 30.4 Å². The molecule has 1 atom stereocenters. The zero-order valence-corrected chi connectivity index (χ0v) is 11.3. The SMILES string of the molecule is CC(C)(SCc1cnc(Cl)s1)[C@@H](N)C(=O)O. The molecule has 0 aromatic carbocycles. The van der Waals surface area contributed by atoms with E-state index in [9.17, 15) is 4.79 Å². The van der Waals surface area contributed by atoms with Gasteiger partial charge in [0.15, 0.2) is 4.47 Å². The van der Waals surface area contributed by atoms with Gasteiger partial charge in [0.2, 0.25) is 0 Å². The number of halogens is 1. The molecule has 0 saturated heterocycles. The summed E-state index contributed by atoms with van der Waals surface area (Å²) in [4.78, 5) is 15.7. The van der Waals surface area contributed by atoms with Gasteiger partial charge in [-0.1, -0.05) is 11.6 Å². The Hall–Kier alpha value is -0.300. The van der Waals surface area contributed by atoms with Crippen LogP contribution in [0.15, 0.2) is 6.20 Å². The van der Waals surface area contributed by atoms with E-state index in [1.54, 1.807) is 6.20 Å². The lowest BCUT2D eigenvalue weighted by Gasteiger charge is -2.27. The van der Waals surface area contributed by atoms with Gasteiger partial charge < -0.3 is 10.8 Å². The number of aliphatic carboxylic acids is 1. The Balaban J connectivity index is 2.57. The third kappa shape index (κ3) is 3.62. The van der Waals surface area contributed by atoms with Crippen LogP contribution in [0.3, 0.4) is 0 Å². The van der Waals surface area contributed by atoms with Crippen molar-refractivity contribution in [3.63, 3.8) is 0 Å².